The summed E-state index contributed by atoms with van der Waals surface area (Å²) < 4.78 is 0. The van der Waals surface area contributed by atoms with Gasteiger partial charge in [-0.25, -0.2) is 0 Å². The number of hydrogen-bond acceptors (Lipinski definition) is 4. The molecule has 1 aliphatic rings. The van der Waals surface area contributed by atoms with Gasteiger partial charge in [-0.1, -0.05) is 68.1 Å². The number of para-hydroxylation sites is 2. The van der Waals surface area contributed by atoms with Crippen LogP contribution in [0.4, 0.5) is 11.4 Å². The first-order chi connectivity index (χ1) is 15.7. The van der Waals surface area contributed by atoms with E-state index in [1.54, 1.807) is 11.8 Å². The van der Waals surface area contributed by atoms with Gasteiger partial charge < -0.3 is 21.0 Å². The Kier molecular flexibility index (Phi) is 9.36. The van der Waals surface area contributed by atoms with E-state index in [0.717, 1.165) is 49.8 Å². The van der Waals surface area contributed by atoms with Crippen molar-refractivity contribution >= 4 is 29.0 Å². The lowest BCUT2D eigenvalue weighted by atomic mass is 10.0. The largest absolute Gasteiger partial charge is 0.412 e. The Hall–Kier alpha value is -2.80. The van der Waals surface area contributed by atoms with Crippen LogP contribution in [-0.2, 0) is 0 Å². The van der Waals surface area contributed by atoms with Gasteiger partial charge in [0.05, 0.1) is 24.0 Å². The highest BCUT2D eigenvalue weighted by atomic mass is 32.2. The van der Waals surface area contributed by atoms with Crippen molar-refractivity contribution in [2.24, 2.45) is 4.99 Å². The average molecular weight is 463 g/mol. The molecule has 1 unspecified atom stereocenters. The maximum Gasteiger partial charge on any atom is 0.103 e. The smallest absolute Gasteiger partial charge is 0.103 e. The number of hydrogen-bond donors (Lipinski definition) is 2. The van der Waals surface area contributed by atoms with E-state index in [1.165, 1.54) is 15.4 Å². The fourth-order valence-electron chi connectivity index (χ4n) is 3.92. The predicted octanol–water partition coefficient (Wildman–Crippen LogP) is 5.72. The van der Waals surface area contributed by atoms with Gasteiger partial charge in [0.2, 0.25) is 0 Å². The second-order valence-corrected chi connectivity index (χ2v) is 9.06. The second-order valence-electron chi connectivity index (χ2n) is 7.91. The maximum absolute atomic E-state index is 4.95. The van der Waals surface area contributed by atoms with Crippen molar-refractivity contribution in [1.82, 2.24) is 4.90 Å². The predicted molar refractivity (Wildman–Crippen MR) is 142 cm³/mol. The van der Waals surface area contributed by atoms with Gasteiger partial charge in [0.25, 0.3) is 0 Å². The lowest BCUT2D eigenvalue weighted by molar-refractivity contribution is 0.313. The van der Waals surface area contributed by atoms with Crippen LogP contribution in [0.3, 0.4) is 0 Å². The SMILES string of the molecule is CCN(CC)CCN=C1CC(c2ccc(Sc3ccccc3)cc2)Nc2ccccc2N1.O. The van der Waals surface area contributed by atoms with E-state index in [2.05, 4.69) is 108 Å². The Morgan fingerprint density at radius 2 is 1.48 bits per heavy atom. The molecule has 0 spiro atoms. The number of likely N-dealkylation sites (N-methyl/N-ethyl adjacent to an activating group) is 1. The van der Waals surface area contributed by atoms with Gasteiger partial charge in [-0.3, -0.25) is 4.99 Å². The van der Waals surface area contributed by atoms with E-state index in [1.807, 2.05) is 0 Å². The summed E-state index contributed by atoms with van der Waals surface area (Å²) in [5.74, 6) is 1.04. The van der Waals surface area contributed by atoms with Crippen LogP contribution >= 0.6 is 11.8 Å². The van der Waals surface area contributed by atoms with E-state index in [4.69, 9.17) is 4.99 Å². The zero-order chi connectivity index (χ0) is 22.2. The zero-order valence-corrected chi connectivity index (χ0v) is 20.2. The Bertz CT molecular complexity index is 1020. The highest BCUT2D eigenvalue weighted by Gasteiger charge is 2.21. The molecule has 1 atom stereocenters. The molecule has 0 fully saturated rings. The van der Waals surface area contributed by atoms with Gasteiger partial charge in [-0.2, -0.15) is 0 Å². The number of nitrogens with zero attached hydrogens (tertiary/aromatic N) is 2. The summed E-state index contributed by atoms with van der Waals surface area (Å²) in [7, 11) is 0. The van der Waals surface area contributed by atoms with E-state index in [0.29, 0.717) is 0 Å². The van der Waals surface area contributed by atoms with Crippen LogP contribution in [0, 0.1) is 0 Å². The number of nitrogens with one attached hydrogen (secondary N) is 2. The molecule has 0 radical (unpaired) electrons. The van der Waals surface area contributed by atoms with Gasteiger partial charge in [-0.05, 0) is 55.1 Å². The van der Waals surface area contributed by atoms with Crippen LogP contribution in [0.5, 0.6) is 0 Å². The lowest BCUT2D eigenvalue weighted by Crippen LogP contribution is -2.26. The van der Waals surface area contributed by atoms with Gasteiger partial charge in [0.1, 0.15) is 5.84 Å². The molecular weight excluding hydrogens is 428 g/mol. The average Bonchev–Trinajstić information content (AvgIpc) is 3.02. The summed E-state index contributed by atoms with van der Waals surface area (Å²) in [4.78, 5) is 9.87. The Morgan fingerprint density at radius 1 is 0.848 bits per heavy atom. The summed E-state index contributed by atoms with van der Waals surface area (Å²) in [5.41, 5.74) is 3.49. The molecule has 4 N–H and O–H groups in total. The molecular formula is C27H34N4OS. The van der Waals surface area contributed by atoms with Crippen LogP contribution in [0.15, 0.2) is 93.6 Å². The van der Waals surface area contributed by atoms with Crippen molar-refractivity contribution < 1.29 is 5.48 Å². The van der Waals surface area contributed by atoms with Crippen molar-refractivity contribution in [3.63, 3.8) is 0 Å². The molecule has 33 heavy (non-hydrogen) atoms. The number of anilines is 2. The molecule has 0 saturated heterocycles. The lowest BCUT2D eigenvalue weighted by Gasteiger charge is -2.19. The molecule has 4 rings (SSSR count). The molecule has 0 aromatic heterocycles. The van der Waals surface area contributed by atoms with Crippen LogP contribution < -0.4 is 10.6 Å². The molecule has 3 aromatic rings. The van der Waals surface area contributed by atoms with Crippen molar-refractivity contribution in [3.8, 4) is 0 Å². The minimum absolute atomic E-state index is 0. The van der Waals surface area contributed by atoms with Crippen molar-refractivity contribution in [2.45, 2.75) is 36.1 Å². The van der Waals surface area contributed by atoms with Crippen LogP contribution in [0.1, 0.15) is 31.9 Å². The number of fused-ring (bicyclic) bond motifs is 1. The van der Waals surface area contributed by atoms with E-state index in [9.17, 15) is 0 Å². The fraction of sp³-hybridized carbons (Fsp3) is 0.296. The minimum Gasteiger partial charge on any atom is -0.412 e. The third-order valence-corrected chi connectivity index (χ3v) is 6.82. The molecule has 0 bridgehead atoms. The van der Waals surface area contributed by atoms with E-state index < -0.39 is 0 Å². The molecule has 0 saturated carbocycles. The molecule has 6 heteroatoms. The van der Waals surface area contributed by atoms with Gasteiger partial charge in [0.15, 0.2) is 0 Å². The molecule has 3 aromatic carbocycles. The van der Waals surface area contributed by atoms with E-state index >= 15 is 0 Å². The molecule has 0 aliphatic carbocycles. The Labute approximate surface area is 201 Å². The summed E-state index contributed by atoms with van der Waals surface area (Å²) in [6.45, 7) is 8.34. The number of rotatable bonds is 8. The number of benzene rings is 3. The maximum atomic E-state index is 4.95. The second kappa shape index (κ2) is 12.4. The summed E-state index contributed by atoms with van der Waals surface area (Å²) >= 11 is 1.79. The molecule has 1 aliphatic heterocycles. The summed E-state index contributed by atoms with van der Waals surface area (Å²) in [6, 6.07) is 28.0. The van der Waals surface area contributed by atoms with Gasteiger partial charge in [0, 0.05) is 22.8 Å². The minimum atomic E-state index is 0. The molecule has 0 amide bonds. The van der Waals surface area contributed by atoms with Crippen molar-refractivity contribution in [1.29, 1.82) is 0 Å². The standard InChI is InChI=1S/C27H32N4S.H2O/c1-3-31(4-2)19-18-28-27-20-26(29-24-12-8-9-13-25(24)30-27)21-14-16-23(17-15-21)32-22-10-6-5-7-11-22;/h5-17,26,29H,3-4,18-20H2,1-2H3,(H,28,30);1H2. The zero-order valence-electron chi connectivity index (χ0n) is 19.4. The number of amidine groups is 1. The van der Waals surface area contributed by atoms with Crippen molar-refractivity contribution in [2.75, 3.05) is 36.8 Å². The van der Waals surface area contributed by atoms with E-state index in [-0.39, 0.29) is 11.5 Å². The Balaban J connectivity index is 0.00000306. The first kappa shape index (κ1) is 24.8. The van der Waals surface area contributed by atoms with Crippen molar-refractivity contribution in [3.05, 3.63) is 84.4 Å². The molecule has 1 heterocycles. The third kappa shape index (κ3) is 6.84. The Morgan fingerprint density at radius 3 is 2.18 bits per heavy atom. The van der Waals surface area contributed by atoms with Gasteiger partial charge in [-0.15, -0.1) is 0 Å². The molecule has 174 valence electrons. The van der Waals surface area contributed by atoms with Crippen LogP contribution in [-0.4, -0.2) is 42.4 Å². The highest BCUT2D eigenvalue weighted by Crippen LogP contribution is 2.34. The van der Waals surface area contributed by atoms with Crippen LogP contribution in [0.25, 0.3) is 0 Å². The molecule has 5 nitrogen and oxygen atoms in total. The summed E-state index contributed by atoms with van der Waals surface area (Å²) in [6.07, 6.45) is 0.831. The highest BCUT2D eigenvalue weighted by molar-refractivity contribution is 7.99. The normalized spacial score (nSPS) is 16.3. The topological polar surface area (TPSA) is 71.2 Å². The monoisotopic (exact) mass is 462 g/mol. The first-order valence-electron chi connectivity index (χ1n) is 11.5. The number of aliphatic imine (C=N–C) groups is 1. The quantitative estimate of drug-likeness (QED) is 0.449. The third-order valence-electron chi connectivity index (χ3n) is 5.81. The summed E-state index contributed by atoms with van der Waals surface area (Å²) in [5, 5.41) is 7.31. The van der Waals surface area contributed by atoms with Crippen LogP contribution in [0.2, 0.25) is 0 Å². The fourth-order valence-corrected chi connectivity index (χ4v) is 4.76. The first-order valence-corrected chi connectivity index (χ1v) is 12.3. The van der Waals surface area contributed by atoms with Gasteiger partial charge >= 0.3 is 0 Å².